The van der Waals surface area contributed by atoms with Gasteiger partial charge in [-0.15, -0.1) is 0 Å². The summed E-state index contributed by atoms with van der Waals surface area (Å²) in [6.45, 7) is 0.212. The molecule has 1 heterocycles. The first kappa shape index (κ1) is 28.9. The Kier molecular flexibility index (Phi) is 11.0. The lowest BCUT2D eigenvalue weighted by molar-refractivity contribution is -0.149. The van der Waals surface area contributed by atoms with Crippen LogP contribution >= 0.6 is 11.8 Å². The number of amides is 4. The van der Waals surface area contributed by atoms with Gasteiger partial charge in [-0.05, 0) is 49.0 Å². The highest BCUT2D eigenvalue weighted by molar-refractivity contribution is 7.98. The van der Waals surface area contributed by atoms with E-state index in [2.05, 4.69) is 10.6 Å². The molecule has 0 spiro atoms. The van der Waals surface area contributed by atoms with Crippen LogP contribution in [0.4, 0.5) is 0 Å². The SMILES string of the molecule is CSCCC(N)C(=O)NC(CC(N)=O)C(=O)NC(Cc1ccc(O)cc1)C(=O)N1CCCC1C(=O)O. The maximum absolute atomic E-state index is 13.4. The molecule has 13 heteroatoms. The fourth-order valence-electron chi connectivity index (χ4n) is 3.89. The molecule has 1 aliphatic heterocycles. The second-order valence-electron chi connectivity index (χ2n) is 8.58. The van der Waals surface area contributed by atoms with Crippen LogP contribution in [0.1, 0.15) is 31.2 Å². The van der Waals surface area contributed by atoms with E-state index < -0.39 is 60.2 Å². The predicted molar refractivity (Wildman–Crippen MR) is 133 cm³/mol. The van der Waals surface area contributed by atoms with Crippen molar-refractivity contribution < 1.29 is 34.2 Å². The number of nitrogens with one attached hydrogen (secondary N) is 2. The van der Waals surface area contributed by atoms with Gasteiger partial charge in [-0.25, -0.2) is 4.79 Å². The zero-order valence-corrected chi connectivity index (χ0v) is 20.8. The number of aromatic hydroxyl groups is 1. The maximum Gasteiger partial charge on any atom is 0.326 e. The van der Waals surface area contributed by atoms with Crippen LogP contribution < -0.4 is 22.1 Å². The van der Waals surface area contributed by atoms with Gasteiger partial charge >= 0.3 is 5.97 Å². The summed E-state index contributed by atoms with van der Waals surface area (Å²) in [6.07, 6.45) is 2.46. The van der Waals surface area contributed by atoms with Crippen molar-refractivity contribution in [3.05, 3.63) is 29.8 Å². The average Bonchev–Trinajstić information content (AvgIpc) is 3.32. The Morgan fingerprint density at radius 3 is 2.33 bits per heavy atom. The number of benzene rings is 1. The Morgan fingerprint density at radius 1 is 1.11 bits per heavy atom. The summed E-state index contributed by atoms with van der Waals surface area (Å²) in [6, 6.07) is 1.46. The number of hydrogen-bond acceptors (Lipinski definition) is 8. The number of rotatable bonds is 13. The molecule has 4 amide bonds. The standard InChI is InChI=1S/C23H33N5O7S/c1-36-10-8-15(24)20(31)26-16(12-19(25)30)21(32)27-17(11-13-4-6-14(29)7-5-13)22(33)28-9-2-3-18(28)23(34)35/h4-7,15-18,29H,2-3,8-12,24H2,1H3,(H2,25,30)(H,26,31)(H,27,32)(H,34,35). The van der Waals surface area contributed by atoms with Crippen LogP contribution in [0, 0.1) is 0 Å². The lowest BCUT2D eigenvalue weighted by atomic mass is 10.0. The van der Waals surface area contributed by atoms with E-state index in [9.17, 15) is 34.2 Å². The quantitative estimate of drug-likeness (QED) is 0.186. The van der Waals surface area contributed by atoms with E-state index in [1.165, 1.54) is 28.8 Å². The largest absolute Gasteiger partial charge is 0.508 e. The number of carboxylic acid groups (broad SMARTS) is 1. The molecule has 1 fully saturated rings. The first-order valence-corrected chi connectivity index (χ1v) is 12.9. The predicted octanol–water partition coefficient (Wildman–Crippen LogP) is -1.06. The number of thioether (sulfide) groups is 1. The van der Waals surface area contributed by atoms with E-state index in [0.29, 0.717) is 24.2 Å². The summed E-state index contributed by atoms with van der Waals surface area (Å²) in [5.41, 5.74) is 11.7. The average molecular weight is 524 g/mol. The van der Waals surface area contributed by atoms with Crippen LogP contribution in [0.5, 0.6) is 5.75 Å². The second-order valence-corrected chi connectivity index (χ2v) is 9.56. The highest BCUT2D eigenvalue weighted by Crippen LogP contribution is 2.20. The van der Waals surface area contributed by atoms with Crippen LogP contribution in [-0.2, 0) is 30.4 Å². The van der Waals surface area contributed by atoms with Gasteiger partial charge in [-0.3, -0.25) is 19.2 Å². The number of carbonyl (C=O) groups is 5. The maximum atomic E-state index is 13.4. The number of phenolic OH excluding ortho intramolecular Hbond substituents is 1. The Labute approximate surface area is 213 Å². The van der Waals surface area contributed by atoms with E-state index >= 15 is 0 Å². The van der Waals surface area contributed by atoms with Crippen LogP contribution in [0.25, 0.3) is 0 Å². The fourth-order valence-corrected chi connectivity index (χ4v) is 4.38. The number of carboxylic acids is 1. The summed E-state index contributed by atoms with van der Waals surface area (Å²) < 4.78 is 0. The molecule has 1 saturated heterocycles. The van der Waals surface area contributed by atoms with Crippen molar-refractivity contribution in [1.29, 1.82) is 0 Å². The van der Waals surface area contributed by atoms with Gasteiger partial charge < -0.3 is 37.2 Å². The molecule has 36 heavy (non-hydrogen) atoms. The monoisotopic (exact) mass is 523 g/mol. The van der Waals surface area contributed by atoms with Crippen LogP contribution in [0.15, 0.2) is 24.3 Å². The van der Waals surface area contributed by atoms with Crippen molar-refractivity contribution in [3.8, 4) is 5.75 Å². The Balaban J connectivity index is 2.25. The molecular weight excluding hydrogens is 490 g/mol. The third kappa shape index (κ3) is 8.41. The molecule has 1 aromatic rings. The molecule has 12 nitrogen and oxygen atoms in total. The van der Waals surface area contributed by atoms with Gasteiger partial charge in [0.2, 0.25) is 23.6 Å². The topological polar surface area (TPSA) is 205 Å². The number of likely N-dealkylation sites (tertiary alicyclic amines) is 1. The van der Waals surface area contributed by atoms with E-state index in [1.54, 1.807) is 12.1 Å². The summed E-state index contributed by atoms with van der Waals surface area (Å²) in [7, 11) is 0. The summed E-state index contributed by atoms with van der Waals surface area (Å²) in [5, 5.41) is 24.0. The number of phenols is 1. The second kappa shape index (κ2) is 13.7. The lowest BCUT2D eigenvalue weighted by Crippen LogP contribution is -2.58. The molecule has 0 radical (unpaired) electrons. The third-order valence-corrected chi connectivity index (χ3v) is 6.46. The minimum Gasteiger partial charge on any atom is -0.508 e. The molecule has 198 valence electrons. The Morgan fingerprint density at radius 2 is 1.75 bits per heavy atom. The Bertz CT molecular complexity index is 959. The Hall–Kier alpha value is -3.32. The van der Waals surface area contributed by atoms with Gasteiger partial charge in [0.05, 0.1) is 12.5 Å². The van der Waals surface area contributed by atoms with Crippen molar-refractivity contribution >= 4 is 41.4 Å². The number of carbonyl (C=O) groups excluding carboxylic acids is 4. The van der Waals surface area contributed by atoms with E-state index in [4.69, 9.17) is 11.5 Å². The summed E-state index contributed by atoms with van der Waals surface area (Å²) in [4.78, 5) is 63.4. The van der Waals surface area contributed by atoms with Gasteiger partial charge in [-0.1, -0.05) is 12.1 Å². The molecule has 1 aliphatic rings. The smallest absolute Gasteiger partial charge is 0.326 e. The minimum absolute atomic E-state index is 0.0122. The molecule has 0 saturated carbocycles. The molecular formula is C23H33N5O7S. The number of primary amides is 1. The fraction of sp³-hybridized carbons (Fsp3) is 0.522. The lowest BCUT2D eigenvalue weighted by Gasteiger charge is -2.29. The molecule has 0 aliphatic carbocycles. The van der Waals surface area contributed by atoms with Crippen molar-refractivity contribution in [2.75, 3.05) is 18.6 Å². The molecule has 4 atom stereocenters. The molecule has 2 rings (SSSR count). The van der Waals surface area contributed by atoms with Gasteiger partial charge in [-0.2, -0.15) is 11.8 Å². The number of nitrogens with zero attached hydrogens (tertiary/aromatic N) is 1. The number of hydrogen-bond donors (Lipinski definition) is 6. The van der Waals surface area contributed by atoms with Crippen molar-refractivity contribution in [2.45, 2.75) is 56.3 Å². The first-order valence-electron chi connectivity index (χ1n) is 11.5. The third-order valence-electron chi connectivity index (χ3n) is 5.82. The van der Waals surface area contributed by atoms with E-state index in [0.717, 1.165) is 0 Å². The van der Waals surface area contributed by atoms with Gasteiger partial charge in [0.25, 0.3) is 0 Å². The molecule has 0 bridgehead atoms. The number of nitrogens with two attached hydrogens (primary N) is 2. The van der Waals surface area contributed by atoms with E-state index in [-0.39, 0.29) is 25.1 Å². The minimum atomic E-state index is -1.38. The first-order chi connectivity index (χ1) is 17.0. The molecule has 4 unspecified atom stereocenters. The van der Waals surface area contributed by atoms with Crippen molar-refractivity contribution in [3.63, 3.8) is 0 Å². The van der Waals surface area contributed by atoms with Crippen LogP contribution in [0.2, 0.25) is 0 Å². The van der Waals surface area contributed by atoms with Gasteiger partial charge in [0, 0.05) is 13.0 Å². The van der Waals surface area contributed by atoms with Crippen molar-refractivity contribution in [2.24, 2.45) is 11.5 Å². The normalized spacial score (nSPS) is 17.6. The van der Waals surface area contributed by atoms with Gasteiger partial charge in [0.15, 0.2) is 0 Å². The zero-order chi connectivity index (χ0) is 26.8. The molecule has 1 aromatic carbocycles. The molecule has 8 N–H and O–H groups in total. The van der Waals surface area contributed by atoms with Crippen molar-refractivity contribution in [1.82, 2.24) is 15.5 Å². The summed E-state index contributed by atoms with van der Waals surface area (Å²) in [5.74, 6) is -3.45. The number of aliphatic carboxylic acids is 1. The van der Waals surface area contributed by atoms with Crippen LogP contribution in [-0.4, -0.2) is 87.4 Å². The summed E-state index contributed by atoms with van der Waals surface area (Å²) >= 11 is 1.50. The zero-order valence-electron chi connectivity index (χ0n) is 20.0. The highest BCUT2D eigenvalue weighted by atomic mass is 32.2. The molecule has 0 aromatic heterocycles. The van der Waals surface area contributed by atoms with E-state index in [1.807, 2.05) is 6.26 Å². The van der Waals surface area contributed by atoms with Crippen LogP contribution in [0.3, 0.4) is 0 Å². The highest BCUT2D eigenvalue weighted by Gasteiger charge is 2.38. The van der Waals surface area contributed by atoms with Gasteiger partial charge in [0.1, 0.15) is 23.9 Å².